The van der Waals surface area contributed by atoms with Crippen LogP contribution in [0.4, 0.5) is 0 Å². The van der Waals surface area contributed by atoms with Crippen LogP contribution in [-0.4, -0.2) is 86.0 Å². The number of aliphatic hydroxyl groups excluding tert-OH is 1. The Hall–Kier alpha value is -1.56. The predicted octanol–water partition coefficient (Wildman–Crippen LogP) is 5.34. The summed E-state index contributed by atoms with van der Waals surface area (Å²) in [5.74, 6) is 1.71. The number of morpholine rings is 1. The minimum atomic E-state index is -3.53. The van der Waals surface area contributed by atoms with Gasteiger partial charge in [-0.3, -0.25) is 4.79 Å². The Morgan fingerprint density at radius 3 is 2.49 bits per heavy atom. The van der Waals surface area contributed by atoms with Crippen molar-refractivity contribution in [2.24, 2.45) is 57.0 Å². The highest BCUT2D eigenvalue weighted by Gasteiger charge is 2.85. The van der Waals surface area contributed by atoms with Gasteiger partial charge in [-0.05, 0) is 128 Å². The monoisotopic (exact) mass is 724 g/mol. The van der Waals surface area contributed by atoms with Gasteiger partial charge in [-0.25, -0.2) is 8.42 Å². The van der Waals surface area contributed by atoms with Gasteiger partial charge in [-0.1, -0.05) is 45.9 Å². The minimum Gasteiger partial charge on any atom is -0.388 e. The molecule has 8 aliphatic rings. The molecule has 1 aromatic rings. The zero-order valence-electron chi connectivity index (χ0n) is 31.1. The van der Waals surface area contributed by atoms with Crippen molar-refractivity contribution in [3.63, 3.8) is 0 Å². The second-order valence-corrected chi connectivity index (χ2v) is 21.3. The first kappa shape index (κ1) is 35.2. The number of benzene rings is 1. The highest BCUT2D eigenvalue weighted by atomic mass is 32.2. The summed E-state index contributed by atoms with van der Waals surface area (Å²) in [6.07, 6.45) is 8.94. The normalized spacial score (nSPS) is 48.4. The van der Waals surface area contributed by atoms with Gasteiger partial charge in [0.15, 0.2) is 16.1 Å². The summed E-state index contributed by atoms with van der Waals surface area (Å²) < 4.78 is 46.4. The molecule has 9 nitrogen and oxygen atoms in total. The number of carbonyl (C=O) groups is 1. The van der Waals surface area contributed by atoms with Crippen molar-refractivity contribution in [1.29, 1.82) is 0 Å². The average Bonchev–Trinajstić information content (AvgIpc) is 4.02. The molecule has 6 aliphatic carbocycles. The molecule has 6 unspecified atom stereocenters. The summed E-state index contributed by atoms with van der Waals surface area (Å²) in [5, 5.41) is 12.4. The molecule has 8 fully saturated rings. The third kappa shape index (κ3) is 5.01. The molecule has 1 amide bonds. The number of rotatable bonds is 7. The number of hydrogen-bond acceptors (Lipinski definition) is 8. The number of hydrogen-bond donors (Lipinski definition) is 2. The van der Waals surface area contributed by atoms with Gasteiger partial charge < -0.3 is 30.0 Å². The molecular formula is C41H60N2O7S. The second-order valence-electron chi connectivity index (χ2n) is 19.3. The summed E-state index contributed by atoms with van der Waals surface area (Å²) in [6.45, 7) is 11.1. The first-order valence-corrected chi connectivity index (χ1v) is 21.8. The Morgan fingerprint density at radius 2 is 1.75 bits per heavy atom. The molecule has 51 heavy (non-hydrogen) atoms. The lowest BCUT2D eigenvalue weighted by Crippen LogP contribution is -2.70. The van der Waals surface area contributed by atoms with Crippen LogP contribution in [-0.2, 0) is 28.8 Å². The van der Waals surface area contributed by atoms with E-state index in [-0.39, 0.29) is 63.5 Å². The van der Waals surface area contributed by atoms with Gasteiger partial charge in [0.25, 0.3) is 0 Å². The summed E-state index contributed by atoms with van der Waals surface area (Å²) in [4.78, 5) is 15.2. The fourth-order valence-electron chi connectivity index (χ4n) is 14.1. The molecule has 6 saturated carbocycles. The van der Waals surface area contributed by atoms with Crippen LogP contribution in [0.5, 0.6) is 0 Å². The topological polar surface area (TPSA) is 128 Å². The van der Waals surface area contributed by atoms with Crippen LogP contribution in [0.15, 0.2) is 35.2 Å². The molecule has 282 valence electrons. The fraction of sp³-hybridized carbons (Fsp3) is 0.829. The minimum absolute atomic E-state index is 0.0593. The molecule has 3 N–H and O–H groups in total. The summed E-state index contributed by atoms with van der Waals surface area (Å²) in [7, 11) is -3.53. The van der Waals surface area contributed by atoms with E-state index in [9.17, 15) is 18.3 Å². The van der Waals surface area contributed by atoms with Crippen LogP contribution in [0.25, 0.3) is 0 Å². The highest BCUT2D eigenvalue weighted by Crippen LogP contribution is 2.87. The number of aliphatic hydroxyl groups is 1. The molecule has 13 atom stereocenters. The van der Waals surface area contributed by atoms with Crippen molar-refractivity contribution in [3.8, 4) is 0 Å². The van der Waals surface area contributed by atoms with Crippen molar-refractivity contribution >= 4 is 15.7 Å². The number of nitrogens with zero attached hydrogens (tertiary/aromatic N) is 1. The van der Waals surface area contributed by atoms with E-state index in [2.05, 4.69) is 27.7 Å². The maximum absolute atomic E-state index is 13.4. The molecule has 2 saturated heterocycles. The lowest BCUT2D eigenvalue weighted by atomic mass is 9.43. The third-order valence-corrected chi connectivity index (χ3v) is 18.5. The highest BCUT2D eigenvalue weighted by molar-refractivity contribution is 7.91. The zero-order valence-corrected chi connectivity index (χ0v) is 31.9. The SMILES string of the molecule is C[C@@H]1CC(CS(=O)(=O)c2ccccc2)O[C@@H]2[C@H]1C1(C)CCC34CC35CCC(O[C@H]3CN(C(=O)CC6CC6)CCO3)C(C)(C)[C@@H]5CCC4[C@]1(N)[C@H]2O. The van der Waals surface area contributed by atoms with E-state index in [4.69, 9.17) is 19.9 Å². The van der Waals surface area contributed by atoms with Gasteiger partial charge in [0, 0.05) is 13.0 Å². The maximum Gasteiger partial charge on any atom is 0.223 e. The van der Waals surface area contributed by atoms with Crippen LogP contribution in [0.2, 0.25) is 0 Å². The number of sulfone groups is 1. The Bertz CT molecular complexity index is 1650. The fourth-order valence-corrected chi connectivity index (χ4v) is 15.6. The van der Waals surface area contributed by atoms with Crippen molar-refractivity contribution < 1.29 is 32.5 Å². The average molecular weight is 725 g/mol. The zero-order chi connectivity index (χ0) is 35.8. The van der Waals surface area contributed by atoms with Crippen molar-refractivity contribution in [3.05, 3.63) is 30.3 Å². The van der Waals surface area contributed by atoms with Crippen LogP contribution < -0.4 is 5.73 Å². The lowest BCUT2D eigenvalue weighted by Gasteiger charge is -2.63. The molecule has 9 rings (SSSR count). The van der Waals surface area contributed by atoms with Gasteiger partial charge >= 0.3 is 0 Å². The molecule has 2 spiro atoms. The smallest absolute Gasteiger partial charge is 0.223 e. The number of ether oxygens (including phenoxy) is 3. The van der Waals surface area contributed by atoms with Crippen LogP contribution in [0.3, 0.4) is 0 Å². The molecule has 10 heteroatoms. The molecular weight excluding hydrogens is 665 g/mol. The Balaban J connectivity index is 0.923. The number of nitrogens with two attached hydrogens (primary N) is 1. The van der Waals surface area contributed by atoms with Gasteiger partial charge in [-0.2, -0.15) is 0 Å². The maximum atomic E-state index is 13.4. The Kier molecular flexibility index (Phi) is 8.08. The van der Waals surface area contributed by atoms with Crippen molar-refractivity contribution in [2.45, 2.75) is 139 Å². The van der Waals surface area contributed by atoms with E-state index in [1.807, 2.05) is 11.0 Å². The third-order valence-electron chi connectivity index (χ3n) is 16.7. The Labute approximate surface area is 304 Å². The Morgan fingerprint density at radius 1 is 1.02 bits per heavy atom. The molecule has 2 aliphatic heterocycles. The first-order chi connectivity index (χ1) is 24.2. The quantitative estimate of drug-likeness (QED) is 0.386. The van der Waals surface area contributed by atoms with Gasteiger partial charge in [0.2, 0.25) is 5.91 Å². The number of fused-ring (bicyclic) bond motifs is 4. The summed E-state index contributed by atoms with van der Waals surface area (Å²) in [6, 6.07) is 8.64. The van der Waals surface area contributed by atoms with Crippen molar-refractivity contribution in [1.82, 2.24) is 4.90 Å². The lowest BCUT2D eigenvalue weighted by molar-refractivity contribution is -0.245. The largest absolute Gasteiger partial charge is 0.388 e. The van der Waals surface area contributed by atoms with E-state index in [0.29, 0.717) is 49.3 Å². The molecule has 2 heterocycles. The standard InChI is InChI=1S/C41H60N2O7S/c1-25-20-27(23-51(46,47)28-8-6-5-7-9-28)49-35-34(25)38(4)16-17-40-24-39(40)15-14-31(37(2,3)29(39)12-13-30(40)41(38,42)36(35)45)50-33-22-43(18-19-48-33)32(44)21-26-10-11-26/h5-9,25-27,29-31,33-36,45H,10-24,42H2,1-4H3/t25-,27?,29+,30?,31?,33+,34+,35-,36+,38?,39?,40?,41+/m1/s1. The molecule has 0 radical (unpaired) electrons. The predicted molar refractivity (Wildman–Crippen MR) is 192 cm³/mol. The van der Waals surface area contributed by atoms with E-state index in [1.165, 1.54) is 19.3 Å². The van der Waals surface area contributed by atoms with Crippen LogP contribution in [0, 0.1) is 51.2 Å². The van der Waals surface area contributed by atoms with E-state index in [0.717, 1.165) is 38.5 Å². The van der Waals surface area contributed by atoms with Gasteiger partial charge in [0.05, 0.1) is 53.8 Å². The first-order valence-electron chi connectivity index (χ1n) is 20.1. The summed E-state index contributed by atoms with van der Waals surface area (Å²) in [5.41, 5.74) is 6.94. The number of carbonyl (C=O) groups excluding carboxylic acids is 1. The van der Waals surface area contributed by atoms with Crippen LogP contribution in [0.1, 0.15) is 98.3 Å². The van der Waals surface area contributed by atoms with Gasteiger partial charge in [0.1, 0.15) is 0 Å². The molecule has 0 aromatic heterocycles. The number of amides is 1. The van der Waals surface area contributed by atoms with E-state index in [1.54, 1.807) is 24.3 Å². The van der Waals surface area contributed by atoms with Crippen molar-refractivity contribution in [2.75, 3.05) is 25.4 Å². The van der Waals surface area contributed by atoms with Crippen LogP contribution >= 0.6 is 0 Å². The summed E-state index contributed by atoms with van der Waals surface area (Å²) >= 11 is 0. The van der Waals surface area contributed by atoms with E-state index < -0.39 is 33.7 Å². The van der Waals surface area contributed by atoms with Gasteiger partial charge in [-0.15, -0.1) is 0 Å². The molecule has 1 aromatic carbocycles. The second kappa shape index (κ2) is 11.7. The van der Waals surface area contributed by atoms with E-state index >= 15 is 0 Å². The molecule has 0 bridgehead atoms.